The molecule has 20 heteroatoms. The SMILES string of the molecule is C#Cc1cc2c(cc1Sc1nc3c(N)ncnc3n1CCCNC(=O)C1CC1C#Cc1cc3c(cc1Sc1nc4c(N)ncnc4n1CCCNC(=O)C(C)(C)C)OCO3)OCO2. The van der Waals surface area contributed by atoms with Crippen LogP contribution in [0.15, 0.2) is 57.0 Å². The van der Waals surface area contributed by atoms with Crippen LogP contribution in [-0.2, 0) is 22.7 Å². The first-order valence-electron chi connectivity index (χ1n) is 20.2. The lowest BCUT2D eigenvalue weighted by Crippen LogP contribution is -2.35. The molecule has 9 rings (SSSR count). The summed E-state index contributed by atoms with van der Waals surface area (Å²) in [5, 5.41) is 7.34. The molecule has 2 atom stereocenters. The molecule has 2 aromatic carbocycles. The largest absolute Gasteiger partial charge is 0.454 e. The van der Waals surface area contributed by atoms with Crippen molar-refractivity contribution in [3.05, 3.63) is 48.0 Å². The number of hydrogen-bond acceptors (Lipinski definition) is 16. The van der Waals surface area contributed by atoms with Gasteiger partial charge in [0.1, 0.15) is 12.7 Å². The Morgan fingerprint density at radius 2 is 1.29 bits per heavy atom. The van der Waals surface area contributed by atoms with Crippen LogP contribution < -0.4 is 41.0 Å². The van der Waals surface area contributed by atoms with Crippen LogP contribution in [-0.4, -0.2) is 77.5 Å². The predicted molar refractivity (Wildman–Crippen MR) is 234 cm³/mol. The molecule has 322 valence electrons. The number of terminal acetylenes is 1. The number of fused-ring (bicyclic) bond motifs is 4. The summed E-state index contributed by atoms with van der Waals surface area (Å²) in [4.78, 5) is 54.2. The average Bonchev–Trinajstić information content (AvgIpc) is 3.59. The number of hydrogen-bond donors (Lipinski definition) is 4. The van der Waals surface area contributed by atoms with Gasteiger partial charge in [0.05, 0.1) is 5.92 Å². The second-order valence-electron chi connectivity index (χ2n) is 15.9. The van der Waals surface area contributed by atoms with Gasteiger partial charge in [0.15, 0.2) is 67.3 Å². The molecule has 0 radical (unpaired) electrons. The second-order valence-corrected chi connectivity index (χ2v) is 17.9. The molecule has 2 amide bonds. The first kappa shape index (κ1) is 41.5. The van der Waals surface area contributed by atoms with Gasteiger partial charge in [-0.1, -0.05) is 62.1 Å². The zero-order chi connectivity index (χ0) is 43.8. The number of imidazole rings is 2. The fourth-order valence-electron chi connectivity index (χ4n) is 6.95. The van der Waals surface area contributed by atoms with Crippen LogP contribution in [0.5, 0.6) is 23.0 Å². The molecule has 6 aromatic rings. The van der Waals surface area contributed by atoms with Gasteiger partial charge in [-0.2, -0.15) is 0 Å². The number of nitrogen functional groups attached to an aromatic ring is 2. The summed E-state index contributed by atoms with van der Waals surface area (Å²) in [5.74, 6) is 11.8. The molecule has 18 nitrogen and oxygen atoms in total. The number of ether oxygens (including phenoxy) is 4. The first-order valence-corrected chi connectivity index (χ1v) is 21.8. The number of rotatable bonds is 13. The third kappa shape index (κ3) is 8.64. The van der Waals surface area contributed by atoms with Crippen LogP contribution in [0.1, 0.15) is 51.2 Å². The Hall–Kier alpha value is -6.90. The zero-order valence-corrected chi connectivity index (χ0v) is 36.2. The van der Waals surface area contributed by atoms with Crippen molar-refractivity contribution in [3.8, 4) is 47.2 Å². The Morgan fingerprint density at radius 1 is 0.778 bits per heavy atom. The van der Waals surface area contributed by atoms with E-state index in [4.69, 9.17) is 46.8 Å². The maximum Gasteiger partial charge on any atom is 0.231 e. The number of nitrogens with two attached hydrogens (primary N) is 2. The number of carbonyl (C=O) groups is 2. The van der Waals surface area contributed by atoms with E-state index in [9.17, 15) is 9.59 Å². The van der Waals surface area contributed by atoms with Gasteiger partial charge in [0, 0.05) is 70.6 Å². The standard InChI is InChI=1S/C43H42N12O6S2/c1-5-23-15-27-29(60-21-58-27)17-31(23)62-41-52-33-35(44)48-19-50-37(33)54(41)12-6-10-46-39(56)26-14-24(26)8-9-25-16-28-30(61-22-59-28)18-32(25)63-42-53-34-36(45)49-20-51-38(34)55(42)13-7-11-47-40(57)43(2,3)4/h1,15-20,24,26H,6-7,10-14,21-22H2,2-4H3,(H,46,56)(H,47,57)(H2,44,48,50)(H2,45,49,51). The molecule has 0 saturated heterocycles. The molecule has 2 aliphatic heterocycles. The van der Waals surface area contributed by atoms with Crippen molar-refractivity contribution in [2.24, 2.45) is 17.3 Å². The van der Waals surface area contributed by atoms with Crippen molar-refractivity contribution >= 4 is 69.3 Å². The molecule has 2 unspecified atom stereocenters. The molecule has 0 bridgehead atoms. The van der Waals surface area contributed by atoms with E-state index in [0.717, 1.165) is 9.79 Å². The van der Waals surface area contributed by atoms with Gasteiger partial charge in [0.2, 0.25) is 25.4 Å². The highest BCUT2D eigenvalue weighted by molar-refractivity contribution is 7.99. The van der Waals surface area contributed by atoms with Crippen LogP contribution in [0.4, 0.5) is 11.6 Å². The van der Waals surface area contributed by atoms with Crippen LogP contribution in [0.25, 0.3) is 22.3 Å². The van der Waals surface area contributed by atoms with Gasteiger partial charge in [-0.05, 0) is 31.4 Å². The number of aromatic nitrogens is 8. The van der Waals surface area contributed by atoms with Crippen molar-refractivity contribution in [1.82, 2.24) is 49.7 Å². The van der Waals surface area contributed by atoms with Crippen LogP contribution in [0, 0.1) is 41.4 Å². The molecule has 1 saturated carbocycles. The van der Waals surface area contributed by atoms with Crippen molar-refractivity contribution in [1.29, 1.82) is 0 Å². The summed E-state index contributed by atoms with van der Waals surface area (Å²) in [6, 6.07) is 7.35. The average molecular weight is 887 g/mol. The Labute approximate surface area is 370 Å². The summed E-state index contributed by atoms with van der Waals surface area (Å²) >= 11 is 2.76. The topological polar surface area (TPSA) is 234 Å². The maximum atomic E-state index is 13.3. The van der Waals surface area contributed by atoms with Gasteiger partial charge in [-0.15, -0.1) is 6.42 Å². The summed E-state index contributed by atoms with van der Waals surface area (Å²) < 4.78 is 26.4. The van der Waals surface area contributed by atoms with E-state index in [2.05, 4.69) is 48.3 Å². The minimum Gasteiger partial charge on any atom is -0.454 e. The number of nitrogens with zero attached hydrogens (tertiary/aromatic N) is 8. The third-order valence-electron chi connectivity index (χ3n) is 10.5. The fraction of sp³-hybridized carbons (Fsp3) is 0.349. The van der Waals surface area contributed by atoms with Gasteiger partial charge in [-0.25, -0.2) is 29.9 Å². The Balaban J connectivity index is 0.862. The molecule has 3 aliphatic rings. The van der Waals surface area contributed by atoms with Gasteiger partial charge >= 0.3 is 0 Å². The monoisotopic (exact) mass is 886 g/mol. The fourth-order valence-corrected chi connectivity index (χ4v) is 8.97. The van der Waals surface area contributed by atoms with E-state index in [1.165, 1.54) is 36.2 Å². The van der Waals surface area contributed by atoms with Crippen molar-refractivity contribution in [2.75, 3.05) is 38.1 Å². The van der Waals surface area contributed by atoms with Crippen LogP contribution in [0.3, 0.4) is 0 Å². The number of anilines is 2. The van der Waals surface area contributed by atoms with Crippen LogP contribution >= 0.6 is 23.5 Å². The lowest BCUT2D eigenvalue weighted by molar-refractivity contribution is -0.128. The lowest BCUT2D eigenvalue weighted by Gasteiger charge is -2.17. The zero-order valence-electron chi connectivity index (χ0n) is 34.6. The molecule has 1 fully saturated rings. The van der Waals surface area contributed by atoms with Gasteiger partial charge in [-0.3, -0.25) is 9.59 Å². The first-order chi connectivity index (χ1) is 30.4. The predicted octanol–water partition coefficient (Wildman–Crippen LogP) is 4.62. The summed E-state index contributed by atoms with van der Waals surface area (Å²) in [6.45, 7) is 7.75. The van der Waals surface area contributed by atoms with E-state index in [0.29, 0.717) is 112 Å². The molecule has 0 spiro atoms. The Bertz CT molecular complexity index is 2910. The summed E-state index contributed by atoms with van der Waals surface area (Å²) in [5.41, 5.74) is 15.4. The van der Waals surface area contributed by atoms with Crippen LogP contribution in [0.2, 0.25) is 0 Å². The molecule has 1 aliphatic carbocycles. The second kappa shape index (κ2) is 17.1. The molecule has 63 heavy (non-hydrogen) atoms. The maximum absolute atomic E-state index is 13.3. The molecular formula is C43H42N12O6S2. The number of nitrogens with one attached hydrogen (secondary N) is 2. The highest BCUT2D eigenvalue weighted by Gasteiger charge is 2.42. The molecule has 4 aromatic heterocycles. The Kier molecular flexibility index (Phi) is 11.3. The number of benzene rings is 2. The number of carbonyl (C=O) groups excluding carboxylic acids is 2. The summed E-state index contributed by atoms with van der Waals surface area (Å²) in [7, 11) is 0. The van der Waals surface area contributed by atoms with E-state index >= 15 is 0 Å². The lowest BCUT2D eigenvalue weighted by atomic mass is 9.96. The minimum atomic E-state index is -0.494. The van der Waals surface area contributed by atoms with E-state index in [1.807, 2.05) is 48.1 Å². The summed E-state index contributed by atoms with van der Waals surface area (Å²) in [6.07, 6.45) is 10.5. The number of aryl methyl sites for hydroxylation is 2. The highest BCUT2D eigenvalue weighted by Crippen LogP contribution is 2.43. The van der Waals surface area contributed by atoms with E-state index in [-0.39, 0.29) is 48.9 Å². The van der Waals surface area contributed by atoms with Crippen molar-refractivity contribution in [2.45, 2.75) is 73.2 Å². The van der Waals surface area contributed by atoms with Crippen molar-refractivity contribution < 1.29 is 28.5 Å². The molecular weight excluding hydrogens is 845 g/mol. The molecule has 6 heterocycles. The Morgan fingerprint density at radius 3 is 1.83 bits per heavy atom. The minimum absolute atomic E-state index is 0.0246. The number of amides is 2. The van der Waals surface area contributed by atoms with E-state index < -0.39 is 5.41 Å². The third-order valence-corrected chi connectivity index (χ3v) is 12.6. The smallest absolute Gasteiger partial charge is 0.231 e. The van der Waals surface area contributed by atoms with Gasteiger partial charge < -0.3 is 50.2 Å². The van der Waals surface area contributed by atoms with E-state index in [1.54, 1.807) is 6.07 Å². The molecule has 6 N–H and O–H groups in total. The normalized spacial score (nSPS) is 15.8. The van der Waals surface area contributed by atoms with Gasteiger partial charge in [0.25, 0.3) is 0 Å². The van der Waals surface area contributed by atoms with Crippen molar-refractivity contribution in [3.63, 3.8) is 0 Å². The quantitative estimate of drug-likeness (QED) is 0.0915. The highest BCUT2D eigenvalue weighted by atomic mass is 32.2.